The highest BCUT2D eigenvalue weighted by Crippen LogP contribution is 2.25. The average molecular weight is 185 g/mol. The van der Waals surface area contributed by atoms with E-state index in [2.05, 4.69) is 37.5 Å². The first-order valence-corrected chi connectivity index (χ1v) is 5.79. The fourth-order valence-corrected chi connectivity index (χ4v) is 2.70. The Morgan fingerprint density at radius 3 is 3.00 bits per heavy atom. The van der Waals surface area contributed by atoms with E-state index in [-0.39, 0.29) is 0 Å². The molecule has 12 heavy (non-hydrogen) atoms. The lowest BCUT2D eigenvalue weighted by Gasteiger charge is -2.30. The molecule has 1 nitrogen and oxygen atoms in total. The van der Waals surface area contributed by atoms with Gasteiger partial charge in [0.15, 0.2) is 0 Å². The summed E-state index contributed by atoms with van der Waals surface area (Å²) in [6.07, 6.45) is 4.66. The third-order valence-corrected chi connectivity index (χ3v) is 3.82. The maximum atomic E-state index is 3.78. The first-order chi connectivity index (χ1) is 5.74. The molecule has 2 heteroatoms. The van der Waals surface area contributed by atoms with E-state index in [4.69, 9.17) is 0 Å². The molecule has 3 unspecified atom stereocenters. The molecule has 0 radical (unpaired) electrons. The van der Waals surface area contributed by atoms with Gasteiger partial charge in [0.05, 0.1) is 0 Å². The normalized spacial score (nSPS) is 32.8. The molecule has 1 heterocycles. The zero-order chi connectivity index (χ0) is 8.97. The van der Waals surface area contributed by atoms with Crippen LogP contribution in [-0.2, 0) is 0 Å². The molecule has 0 aliphatic carbocycles. The van der Waals surface area contributed by atoms with E-state index < -0.39 is 0 Å². The van der Waals surface area contributed by atoms with Gasteiger partial charge in [-0.3, -0.25) is 0 Å². The van der Waals surface area contributed by atoms with Crippen molar-refractivity contribution in [3.05, 3.63) is 12.7 Å². The number of hydrogen-bond acceptors (Lipinski definition) is 2. The van der Waals surface area contributed by atoms with Crippen molar-refractivity contribution in [3.63, 3.8) is 0 Å². The van der Waals surface area contributed by atoms with Crippen molar-refractivity contribution in [1.29, 1.82) is 0 Å². The summed E-state index contributed by atoms with van der Waals surface area (Å²) in [5.74, 6) is 1.34. The summed E-state index contributed by atoms with van der Waals surface area (Å²) in [4.78, 5) is 0. The summed E-state index contributed by atoms with van der Waals surface area (Å²) < 4.78 is 0. The van der Waals surface area contributed by atoms with E-state index in [0.717, 1.165) is 5.25 Å². The van der Waals surface area contributed by atoms with Crippen molar-refractivity contribution in [3.8, 4) is 0 Å². The molecule has 0 bridgehead atoms. The Labute approximate surface area is 80.0 Å². The summed E-state index contributed by atoms with van der Waals surface area (Å²) in [6.45, 7) is 8.26. The van der Waals surface area contributed by atoms with Crippen LogP contribution in [0.1, 0.15) is 26.7 Å². The molecule has 1 rings (SSSR count). The number of thioether (sulfide) groups is 1. The van der Waals surface area contributed by atoms with E-state index in [1.54, 1.807) is 0 Å². The Morgan fingerprint density at radius 2 is 2.42 bits per heavy atom. The number of rotatable bonds is 3. The minimum absolute atomic E-state index is 0.455. The standard InChI is InChI=1S/C10H19NS/c1-4-8(2)11-10-6-5-7-12-9(10)3/h4,8-11H,1,5-7H2,2-3H3. The second-order valence-electron chi connectivity index (χ2n) is 3.52. The highest BCUT2D eigenvalue weighted by molar-refractivity contribution is 7.99. The second-order valence-corrected chi connectivity index (χ2v) is 5.00. The average Bonchev–Trinajstić information content (AvgIpc) is 2.09. The molecule has 1 N–H and O–H groups in total. The van der Waals surface area contributed by atoms with Gasteiger partial charge in [0, 0.05) is 17.3 Å². The van der Waals surface area contributed by atoms with Crippen molar-refractivity contribution < 1.29 is 0 Å². The fourth-order valence-electron chi connectivity index (χ4n) is 1.55. The topological polar surface area (TPSA) is 12.0 Å². The summed E-state index contributed by atoms with van der Waals surface area (Å²) in [7, 11) is 0. The van der Waals surface area contributed by atoms with Gasteiger partial charge in [-0.1, -0.05) is 13.0 Å². The summed E-state index contributed by atoms with van der Waals surface area (Å²) in [5.41, 5.74) is 0. The van der Waals surface area contributed by atoms with Gasteiger partial charge in [0.1, 0.15) is 0 Å². The summed E-state index contributed by atoms with van der Waals surface area (Å²) in [5, 5.41) is 4.34. The van der Waals surface area contributed by atoms with Crippen LogP contribution in [0.2, 0.25) is 0 Å². The minimum Gasteiger partial charge on any atom is -0.307 e. The molecule has 3 atom stereocenters. The molecule has 0 amide bonds. The van der Waals surface area contributed by atoms with E-state index in [1.165, 1.54) is 18.6 Å². The molecule has 1 aliphatic heterocycles. The molecule has 1 saturated heterocycles. The van der Waals surface area contributed by atoms with Crippen molar-refractivity contribution >= 4 is 11.8 Å². The Morgan fingerprint density at radius 1 is 1.67 bits per heavy atom. The first-order valence-electron chi connectivity index (χ1n) is 4.74. The van der Waals surface area contributed by atoms with Crippen molar-refractivity contribution in [2.24, 2.45) is 0 Å². The van der Waals surface area contributed by atoms with Crippen LogP contribution < -0.4 is 5.32 Å². The molecule has 0 aromatic rings. The van der Waals surface area contributed by atoms with Crippen molar-refractivity contribution in [2.45, 2.75) is 44.0 Å². The monoisotopic (exact) mass is 185 g/mol. The minimum atomic E-state index is 0.455. The SMILES string of the molecule is C=CC(C)NC1CCCSC1C. The molecule has 0 aromatic carbocycles. The Bertz CT molecular complexity index is 147. The van der Waals surface area contributed by atoms with E-state index in [1.807, 2.05) is 6.08 Å². The smallest absolute Gasteiger partial charge is 0.0222 e. The number of hydrogen-bond donors (Lipinski definition) is 1. The molecule has 1 fully saturated rings. The van der Waals surface area contributed by atoms with Gasteiger partial charge in [-0.25, -0.2) is 0 Å². The fraction of sp³-hybridized carbons (Fsp3) is 0.800. The van der Waals surface area contributed by atoms with Gasteiger partial charge in [0.2, 0.25) is 0 Å². The van der Waals surface area contributed by atoms with E-state index >= 15 is 0 Å². The van der Waals surface area contributed by atoms with Crippen molar-refractivity contribution in [2.75, 3.05) is 5.75 Å². The molecule has 1 aliphatic rings. The largest absolute Gasteiger partial charge is 0.307 e. The maximum absolute atomic E-state index is 3.78. The molecule has 70 valence electrons. The van der Waals surface area contributed by atoms with Gasteiger partial charge in [-0.15, -0.1) is 6.58 Å². The summed E-state index contributed by atoms with van der Waals surface area (Å²) in [6, 6.07) is 1.15. The van der Waals surface area contributed by atoms with Gasteiger partial charge in [-0.05, 0) is 25.5 Å². The predicted octanol–water partition coefficient (Wildman–Crippen LogP) is 2.43. The third-order valence-electron chi connectivity index (χ3n) is 2.44. The lowest BCUT2D eigenvalue weighted by Crippen LogP contribution is -2.43. The highest BCUT2D eigenvalue weighted by atomic mass is 32.2. The van der Waals surface area contributed by atoms with Crippen LogP contribution in [0.4, 0.5) is 0 Å². The lowest BCUT2D eigenvalue weighted by molar-refractivity contribution is 0.442. The second kappa shape index (κ2) is 4.93. The quantitative estimate of drug-likeness (QED) is 0.678. The third kappa shape index (κ3) is 2.83. The molecule has 0 spiro atoms. The maximum Gasteiger partial charge on any atom is 0.0222 e. The highest BCUT2D eigenvalue weighted by Gasteiger charge is 2.21. The Kier molecular flexibility index (Phi) is 4.16. The van der Waals surface area contributed by atoms with Gasteiger partial charge < -0.3 is 5.32 Å². The Balaban J connectivity index is 2.33. The molecular weight excluding hydrogens is 166 g/mol. The van der Waals surface area contributed by atoms with Crippen LogP contribution in [0.3, 0.4) is 0 Å². The van der Waals surface area contributed by atoms with Crippen LogP contribution >= 0.6 is 11.8 Å². The summed E-state index contributed by atoms with van der Waals surface area (Å²) >= 11 is 2.08. The van der Waals surface area contributed by atoms with Crippen LogP contribution in [0.15, 0.2) is 12.7 Å². The van der Waals surface area contributed by atoms with Gasteiger partial charge in [0.25, 0.3) is 0 Å². The van der Waals surface area contributed by atoms with Crippen LogP contribution in [-0.4, -0.2) is 23.1 Å². The van der Waals surface area contributed by atoms with Crippen molar-refractivity contribution in [1.82, 2.24) is 5.32 Å². The number of nitrogens with one attached hydrogen (secondary N) is 1. The zero-order valence-corrected chi connectivity index (χ0v) is 8.86. The van der Waals surface area contributed by atoms with Crippen LogP contribution in [0.25, 0.3) is 0 Å². The molecule has 0 saturated carbocycles. The van der Waals surface area contributed by atoms with E-state index in [9.17, 15) is 0 Å². The molecule has 0 aromatic heterocycles. The molecular formula is C10H19NS. The first kappa shape index (κ1) is 10.1. The van der Waals surface area contributed by atoms with E-state index in [0.29, 0.717) is 12.1 Å². The Hall–Kier alpha value is 0.0500. The van der Waals surface area contributed by atoms with Gasteiger partial charge in [-0.2, -0.15) is 11.8 Å². The van der Waals surface area contributed by atoms with Gasteiger partial charge >= 0.3 is 0 Å². The van der Waals surface area contributed by atoms with Crippen LogP contribution in [0.5, 0.6) is 0 Å². The van der Waals surface area contributed by atoms with Crippen LogP contribution in [0, 0.1) is 0 Å². The zero-order valence-electron chi connectivity index (χ0n) is 8.05. The lowest BCUT2D eigenvalue weighted by atomic mass is 10.1. The predicted molar refractivity (Wildman–Crippen MR) is 57.7 cm³/mol.